The summed E-state index contributed by atoms with van der Waals surface area (Å²) in [6, 6.07) is 17.6. The molecule has 0 heterocycles. The molecule has 2 aromatic rings. The van der Waals surface area contributed by atoms with E-state index < -0.39 is 0 Å². The highest BCUT2D eigenvalue weighted by Gasteiger charge is 2.01. The van der Waals surface area contributed by atoms with Crippen molar-refractivity contribution in [2.24, 2.45) is 0 Å². The van der Waals surface area contributed by atoms with Gasteiger partial charge < -0.3 is 5.32 Å². The summed E-state index contributed by atoms with van der Waals surface area (Å²) in [7, 11) is 0. The van der Waals surface area contributed by atoms with E-state index in [-0.39, 0.29) is 5.91 Å². The van der Waals surface area contributed by atoms with Gasteiger partial charge in [-0.2, -0.15) is 0 Å². The van der Waals surface area contributed by atoms with Crippen molar-refractivity contribution in [2.75, 3.05) is 5.32 Å². The van der Waals surface area contributed by atoms with Gasteiger partial charge in [0, 0.05) is 11.8 Å². The number of hydrogen-bond donors (Lipinski definition) is 1. The quantitative estimate of drug-likeness (QED) is 0.820. The van der Waals surface area contributed by atoms with Crippen LogP contribution >= 0.6 is 0 Å². The molecule has 19 heavy (non-hydrogen) atoms. The lowest BCUT2D eigenvalue weighted by molar-refractivity contribution is -0.111. The van der Waals surface area contributed by atoms with Gasteiger partial charge in [0.15, 0.2) is 0 Å². The minimum absolute atomic E-state index is 0.106. The molecule has 0 fully saturated rings. The molecule has 2 heteroatoms. The maximum absolute atomic E-state index is 11.9. The topological polar surface area (TPSA) is 29.1 Å². The molecule has 0 bridgehead atoms. The lowest BCUT2D eigenvalue weighted by atomic mass is 10.1. The van der Waals surface area contributed by atoms with E-state index in [1.165, 1.54) is 5.56 Å². The van der Waals surface area contributed by atoms with Crippen LogP contribution in [0.3, 0.4) is 0 Å². The SMILES string of the molecule is C/C(=C/C(=O)Nc1ccc(C)cc1)c1ccccc1. The third kappa shape index (κ3) is 3.81. The van der Waals surface area contributed by atoms with E-state index in [1.54, 1.807) is 6.08 Å². The maximum Gasteiger partial charge on any atom is 0.248 e. The second-order valence-electron chi connectivity index (χ2n) is 4.55. The molecule has 0 saturated heterocycles. The van der Waals surface area contributed by atoms with E-state index in [0.29, 0.717) is 0 Å². The first kappa shape index (κ1) is 13.1. The van der Waals surface area contributed by atoms with Crippen LogP contribution in [0.5, 0.6) is 0 Å². The molecule has 96 valence electrons. The van der Waals surface area contributed by atoms with Gasteiger partial charge in [0.1, 0.15) is 0 Å². The summed E-state index contributed by atoms with van der Waals surface area (Å²) >= 11 is 0. The van der Waals surface area contributed by atoms with Crippen molar-refractivity contribution in [1.82, 2.24) is 0 Å². The molecule has 0 saturated carbocycles. The van der Waals surface area contributed by atoms with Crippen LogP contribution in [0, 0.1) is 6.92 Å². The van der Waals surface area contributed by atoms with Crippen molar-refractivity contribution in [3.05, 3.63) is 71.8 Å². The Kier molecular flexibility index (Phi) is 4.14. The number of amides is 1. The van der Waals surface area contributed by atoms with Gasteiger partial charge in [0.05, 0.1) is 0 Å². The second-order valence-corrected chi connectivity index (χ2v) is 4.55. The number of hydrogen-bond acceptors (Lipinski definition) is 1. The van der Waals surface area contributed by atoms with Crippen LogP contribution in [-0.2, 0) is 4.79 Å². The van der Waals surface area contributed by atoms with Gasteiger partial charge in [-0.05, 0) is 37.1 Å². The molecule has 0 spiro atoms. The number of aryl methyl sites for hydroxylation is 1. The van der Waals surface area contributed by atoms with Gasteiger partial charge in [-0.25, -0.2) is 0 Å². The van der Waals surface area contributed by atoms with E-state index in [2.05, 4.69) is 5.32 Å². The predicted octanol–water partition coefficient (Wildman–Crippen LogP) is 4.04. The average molecular weight is 251 g/mol. The molecule has 0 aliphatic carbocycles. The van der Waals surface area contributed by atoms with E-state index in [4.69, 9.17) is 0 Å². The third-order valence-corrected chi connectivity index (χ3v) is 2.90. The van der Waals surface area contributed by atoms with Crippen LogP contribution in [0.4, 0.5) is 5.69 Å². The third-order valence-electron chi connectivity index (χ3n) is 2.90. The van der Waals surface area contributed by atoms with Gasteiger partial charge >= 0.3 is 0 Å². The molecule has 0 aliphatic heterocycles. The fourth-order valence-electron chi connectivity index (χ4n) is 1.80. The smallest absolute Gasteiger partial charge is 0.248 e. The zero-order valence-corrected chi connectivity index (χ0v) is 11.2. The largest absolute Gasteiger partial charge is 0.323 e. The standard InChI is InChI=1S/C17H17NO/c1-13-8-10-16(11-9-13)18-17(19)12-14(2)15-6-4-3-5-7-15/h3-12H,1-2H3,(H,18,19)/b14-12-. The lowest BCUT2D eigenvalue weighted by Gasteiger charge is -2.04. The molecule has 2 nitrogen and oxygen atoms in total. The number of carbonyl (C=O) groups excluding carboxylic acids is 1. The fourth-order valence-corrected chi connectivity index (χ4v) is 1.80. The van der Waals surface area contributed by atoms with Gasteiger partial charge in [-0.1, -0.05) is 48.0 Å². The van der Waals surface area contributed by atoms with E-state index in [1.807, 2.05) is 68.4 Å². The highest BCUT2D eigenvalue weighted by atomic mass is 16.1. The Bertz CT molecular complexity index is 582. The van der Waals surface area contributed by atoms with Crippen LogP contribution in [0.25, 0.3) is 5.57 Å². The molecule has 2 rings (SSSR count). The summed E-state index contributed by atoms with van der Waals surface area (Å²) in [6.07, 6.45) is 1.62. The monoisotopic (exact) mass is 251 g/mol. The summed E-state index contributed by atoms with van der Waals surface area (Å²) in [6.45, 7) is 3.95. The van der Waals surface area contributed by atoms with E-state index in [0.717, 1.165) is 16.8 Å². The highest BCUT2D eigenvalue weighted by molar-refractivity contribution is 6.03. The fraction of sp³-hybridized carbons (Fsp3) is 0.118. The zero-order valence-electron chi connectivity index (χ0n) is 11.2. The Balaban J connectivity index is 2.07. The molecular weight excluding hydrogens is 234 g/mol. The van der Waals surface area contributed by atoms with Gasteiger partial charge in [0.25, 0.3) is 0 Å². The van der Waals surface area contributed by atoms with E-state index >= 15 is 0 Å². The first-order valence-electron chi connectivity index (χ1n) is 6.26. The van der Waals surface area contributed by atoms with Crippen LogP contribution in [0.1, 0.15) is 18.1 Å². The lowest BCUT2D eigenvalue weighted by Crippen LogP contribution is -2.08. The Hall–Kier alpha value is -2.35. The van der Waals surface area contributed by atoms with Gasteiger partial charge in [-0.3, -0.25) is 4.79 Å². The van der Waals surface area contributed by atoms with Crippen molar-refractivity contribution >= 4 is 17.2 Å². The molecule has 0 unspecified atom stereocenters. The van der Waals surface area contributed by atoms with Crippen molar-refractivity contribution in [2.45, 2.75) is 13.8 Å². The van der Waals surface area contributed by atoms with Crippen LogP contribution in [0.2, 0.25) is 0 Å². The molecule has 2 aromatic carbocycles. The molecule has 0 aromatic heterocycles. The number of benzene rings is 2. The normalized spacial score (nSPS) is 11.2. The summed E-state index contributed by atoms with van der Waals surface area (Å²) in [5, 5.41) is 2.85. The summed E-state index contributed by atoms with van der Waals surface area (Å²) in [5.41, 5.74) is 3.99. The number of rotatable bonds is 3. The van der Waals surface area contributed by atoms with Gasteiger partial charge in [-0.15, -0.1) is 0 Å². The van der Waals surface area contributed by atoms with Crippen molar-refractivity contribution in [3.63, 3.8) is 0 Å². The Morgan fingerprint density at radius 2 is 1.63 bits per heavy atom. The van der Waals surface area contributed by atoms with Crippen LogP contribution in [-0.4, -0.2) is 5.91 Å². The minimum atomic E-state index is -0.106. The Morgan fingerprint density at radius 3 is 2.26 bits per heavy atom. The van der Waals surface area contributed by atoms with Crippen molar-refractivity contribution in [1.29, 1.82) is 0 Å². The molecule has 1 amide bonds. The summed E-state index contributed by atoms with van der Waals surface area (Å²) < 4.78 is 0. The Morgan fingerprint density at radius 1 is 1.00 bits per heavy atom. The summed E-state index contributed by atoms with van der Waals surface area (Å²) in [4.78, 5) is 11.9. The average Bonchev–Trinajstić information content (AvgIpc) is 2.42. The van der Waals surface area contributed by atoms with Crippen molar-refractivity contribution < 1.29 is 4.79 Å². The Labute approximate surface area is 113 Å². The minimum Gasteiger partial charge on any atom is -0.323 e. The molecular formula is C17H17NO. The zero-order chi connectivity index (χ0) is 13.7. The second kappa shape index (κ2) is 6.01. The molecule has 0 atom stereocenters. The highest BCUT2D eigenvalue weighted by Crippen LogP contribution is 2.14. The molecule has 0 radical (unpaired) electrons. The van der Waals surface area contributed by atoms with E-state index in [9.17, 15) is 4.79 Å². The molecule has 1 N–H and O–H groups in total. The number of carbonyl (C=O) groups is 1. The summed E-state index contributed by atoms with van der Waals surface area (Å²) in [5.74, 6) is -0.106. The van der Waals surface area contributed by atoms with Gasteiger partial charge in [0.2, 0.25) is 5.91 Å². The molecule has 0 aliphatic rings. The number of anilines is 1. The first-order valence-corrected chi connectivity index (χ1v) is 6.26. The van der Waals surface area contributed by atoms with Crippen molar-refractivity contribution in [3.8, 4) is 0 Å². The predicted molar refractivity (Wildman–Crippen MR) is 79.9 cm³/mol. The van der Waals surface area contributed by atoms with Crippen LogP contribution < -0.4 is 5.32 Å². The number of nitrogens with one attached hydrogen (secondary N) is 1. The van der Waals surface area contributed by atoms with Crippen LogP contribution in [0.15, 0.2) is 60.7 Å². The number of allylic oxidation sites excluding steroid dienone is 1. The maximum atomic E-state index is 11.9. The first-order chi connectivity index (χ1) is 9.15.